The molecule has 0 spiro atoms. The quantitative estimate of drug-likeness (QED) is 0.575. The normalized spacial score (nSPS) is 13.6. The Morgan fingerprint density at radius 2 is 1.70 bits per heavy atom. The highest BCUT2D eigenvalue weighted by atomic mass is 16.5. The van der Waals surface area contributed by atoms with Crippen molar-refractivity contribution < 1.29 is 14.3 Å². The number of ether oxygens (including phenoxy) is 1. The molecule has 0 aliphatic heterocycles. The number of amides is 1. The molecule has 2 aromatic carbocycles. The number of anilines is 1. The summed E-state index contributed by atoms with van der Waals surface area (Å²) < 4.78 is 6.06. The molecule has 1 amide bonds. The summed E-state index contributed by atoms with van der Waals surface area (Å²) in [5.41, 5.74) is 4.22. The Labute approximate surface area is 192 Å². The summed E-state index contributed by atoms with van der Waals surface area (Å²) in [6.07, 6.45) is 3.90. The smallest absolute Gasteiger partial charge is 0.337 e. The van der Waals surface area contributed by atoms with Gasteiger partial charge in [0, 0.05) is 16.8 Å². The van der Waals surface area contributed by atoms with Crippen molar-refractivity contribution in [3.05, 3.63) is 81.6 Å². The van der Waals surface area contributed by atoms with Gasteiger partial charge in [-0.1, -0.05) is 37.3 Å². The van der Waals surface area contributed by atoms with Gasteiger partial charge >= 0.3 is 5.97 Å². The monoisotopic (exact) mass is 445 g/mol. The molecule has 0 saturated heterocycles. The van der Waals surface area contributed by atoms with Gasteiger partial charge in [0.05, 0.1) is 18.4 Å². The van der Waals surface area contributed by atoms with E-state index in [1.54, 1.807) is 24.3 Å². The van der Waals surface area contributed by atoms with Crippen LogP contribution in [0.4, 0.5) is 5.69 Å². The van der Waals surface area contributed by atoms with Crippen molar-refractivity contribution in [1.29, 1.82) is 0 Å². The summed E-state index contributed by atoms with van der Waals surface area (Å²) in [6.45, 7) is 1.86. The van der Waals surface area contributed by atoms with E-state index in [-0.39, 0.29) is 11.5 Å². The summed E-state index contributed by atoms with van der Waals surface area (Å²) in [5.74, 6) is -0.773. The van der Waals surface area contributed by atoms with Crippen LogP contribution in [0.5, 0.6) is 0 Å². The summed E-state index contributed by atoms with van der Waals surface area (Å²) in [4.78, 5) is 38.2. The first kappa shape index (κ1) is 22.5. The first-order chi connectivity index (χ1) is 16.0. The van der Waals surface area contributed by atoms with Gasteiger partial charge in [0.25, 0.3) is 5.56 Å². The maximum absolute atomic E-state index is 13.4. The second kappa shape index (κ2) is 9.81. The molecule has 1 aromatic heterocycles. The van der Waals surface area contributed by atoms with Gasteiger partial charge in [-0.25, -0.2) is 9.48 Å². The molecule has 0 bridgehead atoms. The fourth-order valence-corrected chi connectivity index (χ4v) is 4.30. The lowest BCUT2D eigenvalue weighted by Gasteiger charge is -2.23. The number of nitrogens with one attached hydrogen (secondary N) is 1. The maximum Gasteiger partial charge on any atom is 0.337 e. The molecule has 170 valence electrons. The Morgan fingerprint density at radius 3 is 2.33 bits per heavy atom. The average molecular weight is 446 g/mol. The van der Waals surface area contributed by atoms with Crippen LogP contribution in [-0.2, 0) is 22.4 Å². The van der Waals surface area contributed by atoms with E-state index in [1.807, 2.05) is 37.3 Å². The van der Waals surface area contributed by atoms with E-state index in [0.29, 0.717) is 24.1 Å². The molecule has 33 heavy (non-hydrogen) atoms. The minimum atomic E-state index is -0.757. The van der Waals surface area contributed by atoms with Crippen LogP contribution in [0.25, 0.3) is 11.3 Å². The third-order valence-corrected chi connectivity index (χ3v) is 6.03. The molecule has 0 fully saturated rings. The number of aromatic nitrogens is 2. The molecule has 7 nitrogen and oxygen atoms in total. The molecular weight excluding hydrogens is 418 g/mol. The zero-order chi connectivity index (χ0) is 23.4. The van der Waals surface area contributed by atoms with Crippen LogP contribution in [-0.4, -0.2) is 28.8 Å². The molecule has 7 heteroatoms. The van der Waals surface area contributed by atoms with E-state index in [4.69, 9.17) is 9.84 Å². The molecule has 0 radical (unpaired) electrons. The summed E-state index contributed by atoms with van der Waals surface area (Å²) in [6, 6.07) is 15.5. The van der Waals surface area contributed by atoms with Gasteiger partial charge in [-0.3, -0.25) is 9.59 Å². The second-order valence-corrected chi connectivity index (χ2v) is 8.11. The lowest BCUT2D eigenvalue weighted by atomic mass is 9.89. The number of fused-ring (bicyclic) bond motifs is 1. The zero-order valence-electron chi connectivity index (χ0n) is 18.8. The lowest BCUT2D eigenvalue weighted by molar-refractivity contribution is -0.119. The van der Waals surface area contributed by atoms with Crippen molar-refractivity contribution in [3.63, 3.8) is 0 Å². The molecule has 1 atom stereocenters. The number of methoxy groups -OCH3 is 1. The molecule has 3 aromatic rings. The van der Waals surface area contributed by atoms with Crippen LogP contribution in [0, 0.1) is 0 Å². The zero-order valence-corrected chi connectivity index (χ0v) is 18.8. The summed E-state index contributed by atoms with van der Waals surface area (Å²) >= 11 is 0. The lowest BCUT2D eigenvalue weighted by Crippen LogP contribution is -2.38. The van der Waals surface area contributed by atoms with Crippen LogP contribution in [0.15, 0.2) is 59.4 Å². The Hall–Kier alpha value is -3.74. The fourth-order valence-electron chi connectivity index (χ4n) is 4.30. The highest BCUT2D eigenvalue weighted by Crippen LogP contribution is 2.29. The van der Waals surface area contributed by atoms with Crippen molar-refractivity contribution in [1.82, 2.24) is 9.78 Å². The number of hydrogen-bond donors (Lipinski definition) is 1. The van der Waals surface area contributed by atoms with E-state index in [9.17, 15) is 14.4 Å². The van der Waals surface area contributed by atoms with Gasteiger partial charge in [-0.2, -0.15) is 5.10 Å². The molecule has 0 unspecified atom stereocenters. The maximum atomic E-state index is 13.4. The summed E-state index contributed by atoms with van der Waals surface area (Å²) in [5, 5.41) is 7.57. The largest absolute Gasteiger partial charge is 0.465 e. The van der Waals surface area contributed by atoms with Crippen molar-refractivity contribution in [3.8, 4) is 11.3 Å². The predicted octanol–water partition coefficient (Wildman–Crippen LogP) is 4.17. The third-order valence-electron chi connectivity index (χ3n) is 6.03. The van der Waals surface area contributed by atoms with E-state index < -0.39 is 12.0 Å². The average Bonchev–Trinajstić information content (AvgIpc) is 2.86. The van der Waals surface area contributed by atoms with Gasteiger partial charge in [-0.05, 0) is 61.9 Å². The molecule has 1 N–H and O–H groups in total. The highest BCUT2D eigenvalue weighted by Gasteiger charge is 2.27. The minimum Gasteiger partial charge on any atom is -0.465 e. The first-order valence-corrected chi connectivity index (χ1v) is 11.2. The van der Waals surface area contributed by atoms with Crippen molar-refractivity contribution in [2.24, 2.45) is 0 Å². The third kappa shape index (κ3) is 4.58. The van der Waals surface area contributed by atoms with Crippen LogP contribution in [0.2, 0.25) is 0 Å². The van der Waals surface area contributed by atoms with E-state index in [0.717, 1.165) is 41.6 Å². The first-order valence-electron chi connectivity index (χ1n) is 11.2. The molecule has 4 rings (SSSR count). The number of carbonyl (C=O) groups excluding carboxylic acids is 2. The van der Waals surface area contributed by atoms with Crippen molar-refractivity contribution >= 4 is 17.6 Å². The Morgan fingerprint density at radius 1 is 1.03 bits per heavy atom. The van der Waals surface area contributed by atoms with Crippen molar-refractivity contribution in [2.75, 3.05) is 12.4 Å². The molecule has 1 aliphatic rings. The van der Waals surface area contributed by atoms with Crippen molar-refractivity contribution in [2.45, 2.75) is 45.1 Å². The summed E-state index contributed by atoms with van der Waals surface area (Å²) in [7, 11) is 1.32. The van der Waals surface area contributed by atoms with E-state index >= 15 is 0 Å². The Kier molecular flexibility index (Phi) is 6.68. The number of esters is 1. The van der Waals surface area contributed by atoms with Gasteiger partial charge in [0.15, 0.2) is 0 Å². The van der Waals surface area contributed by atoms with Gasteiger partial charge in [0.1, 0.15) is 6.04 Å². The molecular formula is C26H27N3O4. The highest BCUT2D eigenvalue weighted by molar-refractivity contribution is 5.95. The van der Waals surface area contributed by atoms with Crippen LogP contribution < -0.4 is 10.9 Å². The molecule has 1 heterocycles. The molecule has 0 saturated carbocycles. The van der Waals surface area contributed by atoms with Crippen LogP contribution >= 0.6 is 0 Å². The van der Waals surface area contributed by atoms with E-state index in [1.165, 1.54) is 11.8 Å². The van der Waals surface area contributed by atoms with Gasteiger partial charge in [0.2, 0.25) is 5.91 Å². The number of hydrogen-bond acceptors (Lipinski definition) is 5. The van der Waals surface area contributed by atoms with E-state index in [2.05, 4.69) is 5.32 Å². The predicted molar refractivity (Wildman–Crippen MR) is 126 cm³/mol. The SMILES string of the molecule is CC[C@H](C(=O)Nc1ccc(C(=O)OC)cc1)n1nc(-c2ccccc2)c2c(c1=O)CCCC2. The molecule has 1 aliphatic carbocycles. The minimum absolute atomic E-state index is 0.188. The van der Waals surface area contributed by atoms with Gasteiger partial charge < -0.3 is 10.1 Å². The fraction of sp³-hybridized carbons (Fsp3) is 0.308. The Bertz CT molecular complexity index is 1220. The van der Waals surface area contributed by atoms with Crippen LogP contribution in [0.1, 0.15) is 53.7 Å². The number of benzene rings is 2. The standard InChI is InChI=1S/C26H27N3O4/c1-3-22(24(30)27-19-15-13-18(14-16-19)26(32)33-2)29-25(31)21-12-8-7-11-20(21)23(28-29)17-9-5-4-6-10-17/h4-6,9-10,13-16,22H,3,7-8,11-12H2,1-2H3,(H,27,30)/t22-/m1/s1. The number of rotatable bonds is 6. The van der Waals surface area contributed by atoms with Gasteiger partial charge in [-0.15, -0.1) is 0 Å². The number of carbonyl (C=O) groups is 2. The Balaban J connectivity index is 1.69. The number of nitrogens with zero attached hydrogens (tertiary/aromatic N) is 2. The second-order valence-electron chi connectivity index (χ2n) is 8.11. The topological polar surface area (TPSA) is 90.3 Å². The van der Waals surface area contributed by atoms with Crippen LogP contribution in [0.3, 0.4) is 0 Å².